The van der Waals surface area contributed by atoms with E-state index in [4.69, 9.17) is 1.37 Å². The molecule has 3 heteroatoms. The molecule has 0 amide bonds. The Bertz CT molecular complexity index is 442. The Morgan fingerprint density at radius 1 is 1.28 bits per heavy atom. The van der Waals surface area contributed by atoms with Crippen molar-refractivity contribution in [3.63, 3.8) is 0 Å². The van der Waals surface area contributed by atoms with Gasteiger partial charge in [0.2, 0.25) is 0 Å². The van der Waals surface area contributed by atoms with Gasteiger partial charge in [-0.05, 0) is 16.9 Å². The molecule has 0 aliphatic rings. The molecule has 0 N–H and O–H groups in total. The number of nitro groups is 1. The zero-order valence-electron chi connectivity index (χ0n) is 13.5. The second-order valence-electron chi connectivity index (χ2n) is 5.24. The van der Waals surface area contributed by atoms with Gasteiger partial charge >= 0.3 is 0 Å². The lowest BCUT2D eigenvalue weighted by molar-refractivity contribution is -0.386. The molecule has 0 spiro atoms. The summed E-state index contributed by atoms with van der Waals surface area (Å²) in [5.41, 5.74) is 1.20. The van der Waals surface area contributed by atoms with Crippen molar-refractivity contribution in [2.45, 2.75) is 59.8 Å². The molecule has 0 atom stereocenters. The van der Waals surface area contributed by atoms with E-state index in [2.05, 4.69) is 0 Å². The van der Waals surface area contributed by atoms with Crippen LogP contribution in [0.2, 0.25) is 0 Å². The highest BCUT2D eigenvalue weighted by Crippen LogP contribution is 2.33. The Labute approximate surface area is 112 Å². The van der Waals surface area contributed by atoms with Crippen molar-refractivity contribution in [1.29, 1.82) is 0 Å². The van der Waals surface area contributed by atoms with E-state index in [-0.39, 0.29) is 16.0 Å². The molecule has 0 aromatic heterocycles. The molecular formula is C15H25NO2. The Morgan fingerprint density at radius 2 is 1.78 bits per heavy atom. The molecule has 0 saturated heterocycles. The van der Waals surface area contributed by atoms with Gasteiger partial charge in [-0.1, -0.05) is 60.6 Å². The first-order chi connectivity index (χ1) is 8.53. The molecule has 0 radical (unpaired) electrons. The first kappa shape index (κ1) is 14.7. The molecule has 0 bridgehead atoms. The van der Waals surface area contributed by atoms with Crippen LogP contribution in [-0.2, 0) is 5.41 Å². The van der Waals surface area contributed by atoms with Gasteiger partial charge < -0.3 is 0 Å². The zero-order valence-corrected chi connectivity index (χ0v) is 12.5. The van der Waals surface area contributed by atoms with Gasteiger partial charge in [0.05, 0.1) is 4.92 Å². The van der Waals surface area contributed by atoms with Gasteiger partial charge in [0.1, 0.15) is 0 Å². The minimum atomic E-state index is -0.818. The number of nitro benzene ring substituents is 1. The van der Waals surface area contributed by atoms with Crippen LogP contribution >= 0.6 is 0 Å². The predicted molar refractivity (Wildman–Crippen MR) is 77.2 cm³/mol. The quantitative estimate of drug-likeness (QED) is 0.547. The van der Waals surface area contributed by atoms with Crippen LogP contribution in [0.25, 0.3) is 0 Å². The van der Waals surface area contributed by atoms with Crippen molar-refractivity contribution in [3.8, 4) is 0 Å². The maximum absolute atomic E-state index is 11.1. The van der Waals surface area contributed by atoms with Crippen LogP contribution in [0.3, 0.4) is 0 Å². The summed E-state index contributed by atoms with van der Waals surface area (Å²) in [4.78, 5) is 10.7. The van der Waals surface area contributed by atoms with Crippen molar-refractivity contribution in [1.82, 2.24) is 0 Å². The molecule has 0 fully saturated rings. The van der Waals surface area contributed by atoms with Crippen LogP contribution in [0.4, 0.5) is 5.69 Å². The van der Waals surface area contributed by atoms with E-state index in [0.717, 1.165) is 0 Å². The summed E-state index contributed by atoms with van der Waals surface area (Å²) in [7, 11) is 0. The first-order valence-electron chi connectivity index (χ1n) is 6.83. The molecule has 0 aliphatic heterocycles. The topological polar surface area (TPSA) is 43.1 Å². The summed E-state index contributed by atoms with van der Waals surface area (Å²) < 4.78 is 7.91. The summed E-state index contributed by atoms with van der Waals surface area (Å²) in [5.74, 6) is -0.818. The monoisotopic (exact) mass is 253 g/mol. The van der Waals surface area contributed by atoms with Crippen LogP contribution < -0.4 is 0 Å². The molecule has 1 rings (SSSR count). The number of hydrogen-bond acceptors (Lipinski definition) is 2. The van der Waals surface area contributed by atoms with Gasteiger partial charge in [0.15, 0.2) is 0 Å². The summed E-state index contributed by atoms with van der Waals surface area (Å²) >= 11 is 0. The number of hydrogen-bond donors (Lipinski definition) is 0. The first-order valence-corrected chi connectivity index (χ1v) is 6.33. The number of rotatable bonds is 2. The SMILES string of the molecule is CC.[3H]C(C)(C)c1ccc(C(C)(C)C)c([N+](=O)[O-])c1. The molecule has 1 aromatic carbocycles. The lowest BCUT2D eigenvalue weighted by Crippen LogP contribution is -2.14. The number of benzene rings is 1. The Morgan fingerprint density at radius 3 is 2.11 bits per heavy atom. The fraction of sp³-hybridized carbons (Fsp3) is 0.600. The standard InChI is InChI=1S/C13H19NO2.C2H6/c1-9(2)10-6-7-11(13(3,4)5)12(8-10)14(15)16;1-2/h6-9H,1-5H3;1-2H3/i9T;. The van der Waals surface area contributed by atoms with Crippen molar-refractivity contribution in [2.75, 3.05) is 0 Å². The van der Waals surface area contributed by atoms with Gasteiger partial charge in [-0.2, -0.15) is 0 Å². The van der Waals surface area contributed by atoms with E-state index in [0.29, 0.717) is 11.1 Å². The van der Waals surface area contributed by atoms with E-state index in [1.807, 2.05) is 34.6 Å². The Balaban J connectivity index is 0.00000154. The largest absolute Gasteiger partial charge is 0.273 e. The normalized spacial score (nSPS) is 12.3. The predicted octanol–water partition coefficient (Wildman–Crippen LogP) is 5.04. The van der Waals surface area contributed by atoms with Gasteiger partial charge in [0.25, 0.3) is 5.69 Å². The van der Waals surface area contributed by atoms with Crippen LogP contribution in [0.15, 0.2) is 18.2 Å². The molecule has 0 aliphatic carbocycles. The van der Waals surface area contributed by atoms with Crippen molar-refractivity contribution < 1.29 is 6.29 Å². The highest BCUT2D eigenvalue weighted by molar-refractivity contribution is 5.47. The van der Waals surface area contributed by atoms with Crippen molar-refractivity contribution >= 4 is 5.69 Å². The zero-order chi connectivity index (χ0) is 15.4. The molecule has 18 heavy (non-hydrogen) atoms. The lowest BCUT2D eigenvalue weighted by Gasteiger charge is -2.19. The molecular weight excluding hydrogens is 226 g/mol. The van der Waals surface area contributed by atoms with E-state index < -0.39 is 5.89 Å². The summed E-state index contributed by atoms with van der Waals surface area (Å²) in [6, 6.07) is 5.10. The lowest BCUT2D eigenvalue weighted by atomic mass is 9.84. The maximum atomic E-state index is 11.1. The molecule has 1 aromatic rings. The third-order valence-corrected chi connectivity index (χ3v) is 2.58. The van der Waals surface area contributed by atoms with Crippen LogP contribution in [-0.4, -0.2) is 4.92 Å². The van der Waals surface area contributed by atoms with Gasteiger partial charge in [-0.3, -0.25) is 10.1 Å². The smallest absolute Gasteiger partial charge is 0.258 e. The van der Waals surface area contributed by atoms with Gasteiger partial charge in [-0.25, -0.2) is 0 Å². The highest BCUT2D eigenvalue weighted by atomic mass is 16.6. The molecule has 0 unspecified atom stereocenters. The highest BCUT2D eigenvalue weighted by Gasteiger charge is 2.25. The van der Waals surface area contributed by atoms with Crippen LogP contribution in [0, 0.1) is 10.1 Å². The minimum absolute atomic E-state index is 0.107. The Hall–Kier alpha value is -1.38. The third-order valence-electron chi connectivity index (χ3n) is 2.58. The van der Waals surface area contributed by atoms with Crippen molar-refractivity contribution in [2.24, 2.45) is 0 Å². The summed E-state index contributed by atoms with van der Waals surface area (Å²) in [6.45, 7) is 13.3. The second-order valence-corrected chi connectivity index (χ2v) is 5.24. The average molecular weight is 253 g/mol. The fourth-order valence-corrected chi connectivity index (χ4v) is 1.63. The van der Waals surface area contributed by atoms with Crippen molar-refractivity contribution in [3.05, 3.63) is 39.4 Å². The minimum Gasteiger partial charge on any atom is -0.258 e. The summed E-state index contributed by atoms with van der Waals surface area (Å²) in [5, 5.41) is 11.1. The van der Waals surface area contributed by atoms with Crippen LogP contribution in [0.5, 0.6) is 0 Å². The van der Waals surface area contributed by atoms with E-state index in [9.17, 15) is 10.1 Å². The Kier molecular flexibility index (Phi) is 5.32. The van der Waals surface area contributed by atoms with Gasteiger partial charge in [-0.15, -0.1) is 0 Å². The van der Waals surface area contributed by atoms with E-state index in [1.165, 1.54) is 6.07 Å². The van der Waals surface area contributed by atoms with Gasteiger partial charge in [0, 0.05) is 13.0 Å². The molecule has 0 saturated carbocycles. The molecule has 0 heterocycles. The van der Waals surface area contributed by atoms with E-state index >= 15 is 0 Å². The van der Waals surface area contributed by atoms with E-state index in [1.54, 1.807) is 26.0 Å². The molecule has 102 valence electrons. The molecule has 3 nitrogen and oxygen atoms in total. The second kappa shape index (κ2) is 6.53. The average Bonchev–Trinajstić information content (AvgIpc) is 2.28. The third kappa shape index (κ3) is 4.13. The fourth-order valence-electron chi connectivity index (χ4n) is 1.63. The number of nitrogens with zero attached hydrogens (tertiary/aromatic N) is 1. The maximum Gasteiger partial charge on any atom is 0.273 e. The van der Waals surface area contributed by atoms with Crippen LogP contribution in [0.1, 0.15) is 66.9 Å². The summed E-state index contributed by atoms with van der Waals surface area (Å²) in [6.07, 6.45) is 0.